The zero-order chi connectivity index (χ0) is 11.4. The number of anilines is 1. The van der Waals surface area contributed by atoms with E-state index in [-0.39, 0.29) is 6.61 Å². The predicted molar refractivity (Wildman–Crippen MR) is 71.1 cm³/mol. The molecule has 4 heteroatoms. The third-order valence-corrected chi connectivity index (χ3v) is 2.84. The highest BCUT2D eigenvalue weighted by atomic mass is 127. The molecule has 0 spiro atoms. The van der Waals surface area contributed by atoms with Gasteiger partial charge in [0.1, 0.15) is 18.1 Å². The van der Waals surface area contributed by atoms with Gasteiger partial charge < -0.3 is 14.8 Å². The Bertz CT molecular complexity index is 468. The van der Waals surface area contributed by atoms with Crippen LogP contribution in [0.4, 0.5) is 5.69 Å². The topological polar surface area (TPSA) is 45.4 Å². The number of aliphatic hydroxyl groups excluding tert-OH is 1. The molecule has 1 heterocycles. The number of nitrogens with one attached hydrogen (secondary N) is 1. The van der Waals surface area contributed by atoms with Gasteiger partial charge in [0.25, 0.3) is 0 Å². The fourth-order valence-corrected chi connectivity index (χ4v) is 1.93. The molecule has 2 rings (SSSR count). The van der Waals surface area contributed by atoms with Gasteiger partial charge in [0.15, 0.2) is 0 Å². The van der Waals surface area contributed by atoms with Gasteiger partial charge in [-0.2, -0.15) is 0 Å². The molecule has 0 aliphatic carbocycles. The number of benzene rings is 1. The molecule has 3 nitrogen and oxygen atoms in total. The molecule has 16 heavy (non-hydrogen) atoms. The van der Waals surface area contributed by atoms with Crippen molar-refractivity contribution in [3.8, 4) is 0 Å². The monoisotopic (exact) mass is 329 g/mol. The quantitative estimate of drug-likeness (QED) is 0.848. The minimum absolute atomic E-state index is 0.0523. The first-order valence-corrected chi connectivity index (χ1v) is 6.03. The Morgan fingerprint density at radius 2 is 2.00 bits per heavy atom. The van der Waals surface area contributed by atoms with Crippen molar-refractivity contribution in [3.05, 3.63) is 51.5 Å². The van der Waals surface area contributed by atoms with Crippen LogP contribution in [0, 0.1) is 3.57 Å². The third-order valence-electron chi connectivity index (χ3n) is 2.16. The van der Waals surface area contributed by atoms with Crippen molar-refractivity contribution in [2.45, 2.75) is 13.2 Å². The smallest absolute Gasteiger partial charge is 0.129 e. The molecule has 0 fully saturated rings. The van der Waals surface area contributed by atoms with Crippen LogP contribution < -0.4 is 5.32 Å². The summed E-state index contributed by atoms with van der Waals surface area (Å²) in [6, 6.07) is 11.8. The second-order valence-electron chi connectivity index (χ2n) is 3.39. The molecule has 0 amide bonds. The SMILES string of the molecule is OCc1ccc(CNc2cccc(I)c2)o1. The summed E-state index contributed by atoms with van der Waals surface area (Å²) in [5.74, 6) is 1.42. The van der Waals surface area contributed by atoms with E-state index in [1.54, 1.807) is 6.07 Å². The molecular formula is C12H12INO2. The van der Waals surface area contributed by atoms with Crippen LogP contribution in [0.5, 0.6) is 0 Å². The van der Waals surface area contributed by atoms with Gasteiger partial charge in [0.2, 0.25) is 0 Å². The summed E-state index contributed by atoms with van der Waals surface area (Å²) in [7, 11) is 0. The summed E-state index contributed by atoms with van der Waals surface area (Å²) >= 11 is 2.27. The normalized spacial score (nSPS) is 10.4. The second-order valence-corrected chi connectivity index (χ2v) is 4.64. The van der Waals surface area contributed by atoms with Crippen LogP contribution in [-0.2, 0) is 13.2 Å². The average molecular weight is 329 g/mol. The molecule has 0 atom stereocenters. The summed E-state index contributed by atoms with van der Waals surface area (Å²) in [5.41, 5.74) is 1.06. The molecular weight excluding hydrogens is 317 g/mol. The van der Waals surface area contributed by atoms with E-state index in [2.05, 4.69) is 34.0 Å². The zero-order valence-electron chi connectivity index (χ0n) is 8.61. The van der Waals surface area contributed by atoms with Gasteiger partial charge in [0.05, 0.1) is 6.54 Å². The first-order valence-electron chi connectivity index (χ1n) is 4.96. The van der Waals surface area contributed by atoms with E-state index in [0.717, 1.165) is 11.4 Å². The number of hydrogen-bond acceptors (Lipinski definition) is 3. The lowest BCUT2D eigenvalue weighted by Gasteiger charge is -2.04. The van der Waals surface area contributed by atoms with Crippen molar-refractivity contribution >= 4 is 28.3 Å². The van der Waals surface area contributed by atoms with Crippen LogP contribution in [0.1, 0.15) is 11.5 Å². The van der Waals surface area contributed by atoms with E-state index in [4.69, 9.17) is 9.52 Å². The number of furan rings is 1. The van der Waals surface area contributed by atoms with Crippen molar-refractivity contribution in [3.63, 3.8) is 0 Å². The number of rotatable bonds is 4. The standard InChI is InChI=1S/C12H12INO2/c13-9-2-1-3-10(6-9)14-7-11-4-5-12(8-15)16-11/h1-6,14-15H,7-8H2. The molecule has 0 aliphatic rings. The van der Waals surface area contributed by atoms with Crippen LogP contribution in [0.25, 0.3) is 0 Å². The molecule has 84 valence electrons. The van der Waals surface area contributed by atoms with E-state index >= 15 is 0 Å². The maximum Gasteiger partial charge on any atom is 0.129 e. The largest absolute Gasteiger partial charge is 0.462 e. The predicted octanol–water partition coefficient (Wildman–Crippen LogP) is 2.99. The van der Waals surface area contributed by atoms with E-state index in [9.17, 15) is 0 Å². The number of hydrogen-bond donors (Lipinski definition) is 2. The highest BCUT2D eigenvalue weighted by molar-refractivity contribution is 14.1. The van der Waals surface area contributed by atoms with Gasteiger partial charge in [-0.3, -0.25) is 0 Å². The van der Waals surface area contributed by atoms with Gasteiger partial charge in [-0.25, -0.2) is 0 Å². The Morgan fingerprint density at radius 3 is 2.69 bits per heavy atom. The maximum absolute atomic E-state index is 8.86. The fraction of sp³-hybridized carbons (Fsp3) is 0.167. The second kappa shape index (κ2) is 5.36. The highest BCUT2D eigenvalue weighted by Gasteiger charge is 2.00. The maximum atomic E-state index is 8.86. The lowest BCUT2D eigenvalue weighted by Crippen LogP contribution is -1.97. The van der Waals surface area contributed by atoms with Crippen molar-refractivity contribution in [2.24, 2.45) is 0 Å². The van der Waals surface area contributed by atoms with Crippen LogP contribution in [0.3, 0.4) is 0 Å². The summed E-state index contributed by atoms with van der Waals surface area (Å²) in [4.78, 5) is 0. The lowest BCUT2D eigenvalue weighted by molar-refractivity contribution is 0.244. The van der Waals surface area contributed by atoms with Crippen molar-refractivity contribution < 1.29 is 9.52 Å². The Labute approximate surface area is 108 Å². The molecule has 0 saturated carbocycles. The van der Waals surface area contributed by atoms with E-state index in [1.807, 2.05) is 24.3 Å². The van der Waals surface area contributed by atoms with Crippen molar-refractivity contribution in [1.29, 1.82) is 0 Å². The first kappa shape index (κ1) is 11.5. The van der Waals surface area contributed by atoms with Crippen LogP contribution in [-0.4, -0.2) is 5.11 Å². The van der Waals surface area contributed by atoms with E-state index in [1.165, 1.54) is 3.57 Å². The third kappa shape index (κ3) is 2.99. The highest BCUT2D eigenvalue weighted by Crippen LogP contribution is 2.14. The lowest BCUT2D eigenvalue weighted by atomic mass is 10.3. The molecule has 0 radical (unpaired) electrons. The van der Waals surface area contributed by atoms with Crippen LogP contribution in [0.15, 0.2) is 40.8 Å². The van der Waals surface area contributed by atoms with Crippen molar-refractivity contribution in [1.82, 2.24) is 0 Å². The van der Waals surface area contributed by atoms with Gasteiger partial charge >= 0.3 is 0 Å². The minimum atomic E-state index is -0.0523. The Morgan fingerprint density at radius 1 is 1.19 bits per heavy atom. The molecule has 1 aromatic heterocycles. The van der Waals surface area contributed by atoms with E-state index < -0.39 is 0 Å². The molecule has 2 aromatic rings. The van der Waals surface area contributed by atoms with Gasteiger partial charge in [-0.1, -0.05) is 6.07 Å². The average Bonchev–Trinajstić information content (AvgIpc) is 2.74. The Kier molecular flexibility index (Phi) is 3.84. The molecule has 0 saturated heterocycles. The molecule has 0 aliphatic heterocycles. The Balaban J connectivity index is 1.96. The summed E-state index contributed by atoms with van der Waals surface area (Å²) in [5, 5.41) is 12.1. The minimum Gasteiger partial charge on any atom is -0.462 e. The van der Waals surface area contributed by atoms with Crippen LogP contribution >= 0.6 is 22.6 Å². The summed E-state index contributed by atoms with van der Waals surface area (Å²) < 4.78 is 6.56. The summed E-state index contributed by atoms with van der Waals surface area (Å²) in [6.45, 7) is 0.573. The number of aliphatic hydroxyl groups is 1. The molecule has 0 unspecified atom stereocenters. The van der Waals surface area contributed by atoms with Gasteiger partial charge in [-0.15, -0.1) is 0 Å². The molecule has 1 aromatic carbocycles. The zero-order valence-corrected chi connectivity index (χ0v) is 10.8. The van der Waals surface area contributed by atoms with E-state index in [0.29, 0.717) is 12.3 Å². The summed E-state index contributed by atoms with van der Waals surface area (Å²) in [6.07, 6.45) is 0. The van der Waals surface area contributed by atoms with Gasteiger partial charge in [-0.05, 0) is 52.9 Å². The first-order chi connectivity index (χ1) is 7.78. The molecule has 0 bridgehead atoms. The van der Waals surface area contributed by atoms with Crippen molar-refractivity contribution in [2.75, 3.05) is 5.32 Å². The van der Waals surface area contributed by atoms with Crippen LogP contribution in [0.2, 0.25) is 0 Å². The Hall–Kier alpha value is -1.01. The number of halogens is 1. The van der Waals surface area contributed by atoms with Gasteiger partial charge in [0, 0.05) is 9.26 Å². The fourth-order valence-electron chi connectivity index (χ4n) is 1.39. The molecule has 2 N–H and O–H groups in total.